The number of aromatic carboxylic acids is 1. The highest BCUT2D eigenvalue weighted by Crippen LogP contribution is 2.51. The molecule has 1 aliphatic carbocycles. The molecule has 1 saturated carbocycles. The molecule has 1 aromatic heterocycles. The summed E-state index contributed by atoms with van der Waals surface area (Å²) in [6.07, 6.45) is 3.99. The molecule has 2 aromatic rings. The average Bonchev–Trinajstić information content (AvgIpc) is 3.30. The third-order valence-electron chi connectivity index (χ3n) is 4.03. The maximum absolute atomic E-state index is 11.2. The minimum Gasteiger partial charge on any atom is -0.485 e. The van der Waals surface area contributed by atoms with Crippen LogP contribution in [0.3, 0.4) is 0 Å². The Morgan fingerprint density at radius 1 is 1.29 bits per heavy atom. The summed E-state index contributed by atoms with van der Waals surface area (Å²) in [6, 6.07) is 6.76. The zero-order chi connectivity index (χ0) is 14.6. The van der Waals surface area contributed by atoms with Crippen molar-refractivity contribution in [3.05, 3.63) is 46.7 Å². The smallest absolute Gasteiger partial charge is 0.335 e. The molecule has 1 N–H and O–H groups in total. The van der Waals surface area contributed by atoms with Gasteiger partial charge in [-0.25, -0.2) is 9.78 Å². The van der Waals surface area contributed by atoms with Crippen molar-refractivity contribution in [2.75, 3.05) is 0 Å². The molecule has 2 aliphatic rings. The van der Waals surface area contributed by atoms with Crippen molar-refractivity contribution in [1.82, 2.24) is 4.98 Å². The Balaban J connectivity index is 1.91. The van der Waals surface area contributed by atoms with Crippen LogP contribution in [0.1, 0.15) is 34.9 Å². The molecule has 1 atom stereocenters. The maximum atomic E-state index is 11.2. The molecule has 1 unspecified atom stereocenters. The van der Waals surface area contributed by atoms with Crippen molar-refractivity contribution in [3.8, 4) is 16.9 Å². The van der Waals surface area contributed by atoms with Crippen LogP contribution in [0.15, 0.2) is 30.5 Å². The Kier molecular flexibility index (Phi) is 2.69. The van der Waals surface area contributed by atoms with Gasteiger partial charge in [0.15, 0.2) is 0 Å². The van der Waals surface area contributed by atoms with Gasteiger partial charge in [-0.1, -0.05) is 11.6 Å². The van der Waals surface area contributed by atoms with Gasteiger partial charge in [-0.15, -0.1) is 0 Å². The number of pyridine rings is 1. The quantitative estimate of drug-likeness (QED) is 0.853. The highest BCUT2D eigenvalue weighted by Gasteiger charge is 2.39. The van der Waals surface area contributed by atoms with E-state index in [1.54, 1.807) is 24.4 Å². The van der Waals surface area contributed by atoms with Crippen LogP contribution in [0, 0.1) is 5.92 Å². The molecule has 0 amide bonds. The van der Waals surface area contributed by atoms with Crippen LogP contribution in [0.4, 0.5) is 0 Å². The molecule has 0 spiro atoms. The summed E-state index contributed by atoms with van der Waals surface area (Å²) in [6.45, 7) is 0. The molecular formula is C16H12ClNO3. The van der Waals surface area contributed by atoms with Gasteiger partial charge in [-0.3, -0.25) is 0 Å². The largest absolute Gasteiger partial charge is 0.485 e. The second kappa shape index (κ2) is 4.46. The van der Waals surface area contributed by atoms with Gasteiger partial charge in [-0.05, 0) is 37.1 Å². The Labute approximate surface area is 126 Å². The number of hydrogen-bond donors (Lipinski definition) is 1. The molecule has 0 radical (unpaired) electrons. The van der Waals surface area contributed by atoms with E-state index in [9.17, 15) is 4.79 Å². The summed E-state index contributed by atoms with van der Waals surface area (Å²) < 4.78 is 6.09. The van der Waals surface area contributed by atoms with Gasteiger partial charge in [0.2, 0.25) is 0 Å². The predicted octanol–water partition coefficient (Wildman–Crippen LogP) is 3.94. The lowest BCUT2D eigenvalue weighted by molar-refractivity contribution is 0.0697. The number of hydrogen-bond acceptors (Lipinski definition) is 3. The Bertz CT molecular complexity index is 755. The van der Waals surface area contributed by atoms with Crippen LogP contribution in [-0.4, -0.2) is 16.1 Å². The van der Waals surface area contributed by atoms with Gasteiger partial charge in [0.1, 0.15) is 17.0 Å². The molecule has 2 heterocycles. The molecule has 21 heavy (non-hydrogen) atoms. The monoisotopic (exact) mass is 301 g/mol. The number of carboxylic acids is 1. The summed E-state index contributed by atoms with van der Waals surface area (Å²) in [4.78, 5) is 15.3. The second-order valence-electron chi connectivity index (χ2n) is 5.49. The Morgan fingerprint density at radius 2 is 2.10 bits per heavy atom. The van der Waals surface area contributed by atoms with Gasteiger partial charge in [-0.2, -0.15) is 0 Å². The van der Waals surface area contributed by atoms with Crippen LogP contribution in [-0.2, 0) is 0 Å². The summed E-state index contributed by atoms with van der Waals surface area (Å²) >= 11 is 6.02. The van der Waals surface area contributed by atoms with Crippen LogP contribution < -0.4 is 4.74 Å². The van der Waals surface area contributed by atoms with E-state index < -0.39 is 5.97 Å². The first-order valence-corrected chi connectivity index (χ1v) is 7.21. The van der Waals surface area contributed by atoms with E-state index in [-0.39, 0.29) is 11.7 Å². The van der Waals surface area contributed by atoms with E-state index in [1.165, 1.54) is 0 Å². The predicted molar refractivity (Wildman–Crippen MR) is 77.7 cm³/mol. The first-order valence-electron chi connectivity index (χ1n) is 6.83. The van der Waals surface area contributed by atoms with Crippen LogP contribution in [0.25, 0.3) is 11.1 Å². The zero-order valence-electron chi connectivity index (χ0n) is 11.0. The SMILES string of the molecule is O=C(O)c1ccc2c(c1)-c1cnc(Cl)cc1C(C1CC1)O2. The summed E-state index contributed by atoms with van der Waals surface area (Å²) in [5.74, 6) is 0.272. The van der Waals surface area contributed by atoms with E-state index >= 15 is 0 Å². The Morgan fingerprint density at radius 3 is 2.81 bits per heavy atom. The molecule has 0 saturated heterocycles. The van der Waals surface area contributed by atoms with Gasteiger partial charge in [0.05, 0.1) is 5.56 Å². The van der Waals surface area contributed by atoms with Crippen LogP contribution >= 0.6 is 11.6 Å². The van der Waals surface area contributed by atoms with Crippen molar-refractivity contribution in [1.29, 1.82) is 0 Å². The fraction of sp³-hybridized carbons (Fsp3) is 0.250. The van der Waals surface area contributed by atoms with Crippen molar-refractivity contribution < 1.29 is 14.6 Å². The standard InChI is InChI=1S/C16H12ClNO3/c17-14-6-11-12(7-18-14)10-5-9(16(19)20)3-4-13(10)21-15(11)8-1-2-8/h3-8,15H,1-2H2,(H,19,20). The average molecular weight is 302 g/mol. The first kappa shape index (κ1) is 12.7. The van der Waals surface area contributed by atoms with E-state index in [2.05, 4.69) is 4.98 Å². The molecule has 5 heteroatoms. The number of ether oxygens (including phenoxy) is 1. The summed E-state index contributed by atoms with van der Waals surface area (Å²) in [5, 5.41) is 9.58. The van der Waals surface area contributed by atoms with Crippen molar-refractivity contribution in [2.24, 2.45) is 5.92 Å². The van der Waals surface area contributed by atoms with E-state index in [0.29, 0.717) is 16.8 Å². The number of aromatic nitrogens is 1. The fourth-order valence-electron chi connectivity index (χ4n) is 2.83. The maximum Gasteiger partial charge on any atom is 0.335 e. The van der Waals surface area contributed by atoms with Crippen molar-refractivity contribution in [2.45, 2.75) is 18.9 Å². The number of carboxylic acid groups (broad SMARTS) is 1. The first-order chi connectivity index (χ1) is 10.1. The number of fused-ring (bicyclic) bond motifs is 3. The normalized spacial score (nSPS) is 19.4. The Hall–Kier alpha value is -2.07. The van der Waals surface area contributed by atoms with Gasteiger partial charge >= 0.3 is 5.97 Å². The molecule has 0 bridgehead atoms. The molecule has 1 aromatic carbocycles. The zero-order valence-corrected chi connectivity index (χ0v) is 11.8. The van der Waals surface area contributed by atoms with Gasteiger partial charge < -0.3 is 9.84 Å². The molecule has 4 rings (SSSR count). The molecule has 1 fully saturated rings. The molecule has 4 nitrogen and oxygen atoms in total. The topological polar surface area (TPSA) is 59.4 Å². The van der Waals surface area contributed by atoms with E-state index in [1.807, 2.05) is 6.07 Å². The fourth-order valence-corrected chi connectivity index (χ4v) is 3.00. The van der Waals surface area contributed by atoms with Crippen molar-refractivity contribution in [3.63, 3.8) is 0 Å². The number of halogens is 1. The number of nitrogens with zero attached hydrogens (tertiary/aromatic N) is 1. The highest BCUT2D eigenvalue weighted by molar-refractivity contribution is 6.29. The van der Waals surface area contributed by atoms with Gasteiger partial charge in [0.25, 0.3) is 0 Å². The van der Waals surface area contributed by atoms with Crippen LogP contribution in [0.5, 0.6) is 5.75 Å². The second-order valence-corrected chi connectivity index (χ2v) is 5.87. The lowest BCUT2D eigenvalue weighted by Crippen LogP contribution is -2.16. The third kappa shape index (κ3) is 2.07. The lowest BCUT2D eigenvalue weighted by Gasteiger charge is -2.29. The van der Waals surface area contributed by atoms with Crippen molar-refractivity contribution >= 4 is 17.6 Å². The number of rotatable bonds is 2. The summed E-state index contributed by atoms with van der Waals surface area (Å²) in [5.41, 5.74) is 2.93. The number of benzene rings is 1. The summed E-state index contributed by atoms with van der Waals surface area (Å²) in [7, 11) is 0. The minimum atomic E-state index is -0.953. The highest BCUT2D eigenvalue weighted by atomic mass is 35.5. The van der Waals surface area contributed by atoms with Gasteiger partial charge in [0, 0.05) is 28.8 Å². The van der Waals surface area contributed by atoms with Crippen LogP contribution in [0.2, 0.25) is 5.15 Å². The van der Waals surface area contributed by atoms with E-state index in [0.717, 1.165) is 29.5 Å². The van der Waals surface area contributed by atoms with E-state index in [4.69, 9.17) is 21.4 Å². The lowest BCUT2D eigenvalue weighted by atomic mass is 9.91. The molecular weight excluding hydrogens is 290 g/mol. The third-order valence-corrected chi connectivity index (χ3v) is 4.24. The minimum absolute atomic E-state index is 0.0105. The molecule has 106 valence electrons. The number of carbonyl (C=O) groups is 1. The molecule has 1 aliphatic heterocycles.